The largest absolute Gasteiger partial charge is 0.462 e. The molecule has 0 aromatic heterocycles. The second-order valence-corrected chi connectivity index (χ2v) is 3.33. The van der Waals surface area contributed by atoms with Crippen LogP contribution in [0.15, 0.2) is 12.2 Å². The smallest absolute Gasteiger partial charge is 0.333 e. The molecule has 0 aromatic carbocycles. The van der Waals surface area contributed by atoms with Gasteiger partial charge >= 0.3 is 5.97 Å². The molecule has 0 N–H and O–H groups in total. The standard InChI is InChI=1S/C10H17O2/c1-7(2)9(5)6-12-10(11)8(3)4/h7,9H,1,3,6H2,2,4-5H3. The molecule has 2 unspecified atom stereocenters. The van der Waals surface area contributed by atoms with Crippen LogP contribution in [-0.4, -0.2) is 12.6 Å². The van der Waals surface area contributed by atoms with Gasteiger partial charge in [-0.15, -0.1) is 0 Å². The van der Waals surface area contributed by atoms with Gasteiger partial charge in [0, 0.05) is 5.57 Å². The third kappa shape index (κ3) is 4.16. The fraction of sp³-hybridized carbons (Fsp3) is 0.600. The van der Waals surface area contributed by atoms with Gasteiger partial charge in [0.05, 0.1) is 6.61 Å². The molecule has 0 rings (SSSR count). The van der Waals surface area contributed by atoms with Gasteiger partial charge in [-0.2, -0.15) is 0 Å². The second-order valence-electron chi connectivity index (χ2n) is 3.33. The van der Waals surface area contributed by atoms with Crippen molar-refractivity contribution in [2.75, 3.05) is 6.61 Å². The van der Waals surface area contributed by atoms with Crippen LogP contribution in [0.1, 0.15) is 20.8 Å². The number of rotatable bonds is 4. The van der Waals surface area contributed by atoms with Gasteiger partial charge in [0.1, 0.15) is 0 Å². The minimum absolute atomic E-state index is 0.294. The minimum Gasteiger partial charge on any atom is -0.462 e. The Morgan fingerprint density at radius 1 is 1.50 bits per heavy atom. The first-order chi connectivity index (χ1) is 5.45. The van der Waals surface area contributed by atoms with Crippen molar-refractivity contribution < 1.29 is 9.53 Å². The Bertz CT molecular complexity index is 171. The first kappa shape index (κ1) is 11.2. The topological polar surface area (TPSA) is 26.3 Å². The zero-order chi connectivity index (χ0) is 9.72. The maximum Gasteiger partial charge on any atom is 0.333 e. The number of hydrogen-bond donors (Lipinski definition) is 0. The molecule has 0 bridgehead atoms. The summed E-state index contributed by atoms with van der Waals surface area (Å²) in [5, 5.41) is 0. The Kier molecular flexibility index (Phi) is 4.64. The van der Waals surface area contributed by atoms with Crippen molar-refractivity contribution in [1.29, 1.82) is 0 Å². The van der Waals surface area contributed by atoms with Crippen LogP contribution < -0.4 is 0 Å². The molecule has 2 heteroatoms. The molecule has 0 saturated carbocycles. The lowest BCUT2D eigenvalue weighted by Crippen LogP contribution is -2.16. The summed E-state index contributed by atoms with van der Waals surface area (Å²) >= 11 is 0. The van der Waals surface area contributed by atoms with Gasteiger partial charge in [0.25, 0.3) is 0 Å². The van der Waals surface area contributed by atoms with E-state index in [2.05, 4.69) is 13.5 Å². The van der Waals surface area contributed by atoms with E-state index >= 15 is 0 Å². The average molecular weight is 169 g/mol. The van der Waals surface area contributed by atoms with Gasteiger partial charge in [-0.1, -0.05) is 27.4 Å². The number of hydrogen-bond acceptors (Lipinski definition) is 2. The van der Waals surface area contributed by atoms with Crippen LogP contribution in [0.4, 0.5) is 0 Å². The summed E-state index contributed by atoms with van der Waals surface area (Å²) in [4.78, 5) is 10.9. The van der Waals surface area contributed by atoms with E-state index in [0.29, 0.717) is 24.0 Å². The van der Waals surface area contributed by atoms with Crippen LogP contribution in [0, 0.1) is 18.8 Å². The Labute approximate surface area is 74.6 Å². The minimum atomic E-state index is -0.317. The zero-order valence-electron chi connectivity index (χ0n) is 8.09. The highest BCUT2D eigenvalue weighted by Crippen LogP contribution is 2.09. The van der Waals surface area contributed by atoms with Crippen molar-refractivity contribution in [1.82, 2.24) is 0 Å². The lowest BCUT2D eigenvalue weighted by atomic mass is 9.99. The number of carbonyl (C=O) groups excluding carboxylic acids is 1. The highest BCUT2D eigenvalue weighted by atomic mass is 16.5. The first-order valence-electron chi connectivity index (χ1n) is 4.11. The SMILES string of the molecule is [CH2]C(C)C(C)COC(=O)C(=C)C. The first-order valence-corrected chi connectivity index (χ1v) is 4.11. The van der Waals surface area contributed by atoms with Gasteiger partial charge in [-0.25, -0.2) is 4.79 Å². The van der Waals surface area contributed by atoms with Crippen LogP contribution in [-0.2, 0) is 9.53 Å². The lowest BCUT2D eigenvalue weighted by molar-refractivity contribution is -0.140. The molecule has 2 nitrogen and oxygen atoms in total. The van der Waals surface area contributed by atoms with Crippen LogP contribution in [0.25, 0.3) is 0 Å². The highest BCUT2D eigenvalue weighted by molar-refractivity contribution is 5.86. The molecule has 0 aliphatic heterocycles. The van der Waals surface area contributed by atoms with Crippen LogP contribution in [0.2, 0.25) is 0 Å². The van der Waals surface area contributed by atoms with E-state index in [1.807, 2.05) is 13.8 Å². The van der Waals surface area contributed by atoms with E-state index in [9.17, 15) is 4.79 Å². The molecule has 0 fully saturated rings. The van der Waals surface area contributed by atoms with Gasteiger partial charge in [-0.3, -0.25) is 0 Å². The quantitative estimate of drug-likeness (QED) is 0.476. The normalized spacial score (nSPS) is 12.8. The maximum atomic E-state index is 10.9. The number of carbonyl (C=O) groups is 1. The van der Waals surface area contributed by atoms with Gasteiger partial charge < -0.3 is 4.74 Å². The molecule has 0 aliphatic carbocycles. The Morgan fingerprint density at radius 2 is 2.00 bits per heavy atom. The fourth-order valence-corrected chi connectivity index (χ4v) is 0.495. The molecule has 0 saturated heterocycles. The maximum absolute atomic E-state index is 10.9. The zero-order valence-corrected chi connectivity index (χ0v) is 8.09. The van der Waals surface area contributed by atoms with Crippen molar-refractivity contribution in [3.8, 4) is 0 Å². The third-order valence-electron chi connectivity index (χ3n) is 1.80. The predicted molar refractivity (Wildman–Crippen MR) is 49.5 cm³/mol. The Morgan fingerprint density at radius 3 is 2.33 bits per heavy atom. The molecule has 2 atom stereocenters. The van der Waals surface area contributed by atoms with Crippen molar-refractivity contribution >= 4 is 5.97 Å². The summed E-state index contributed by atoms with van der Waals surface area (Å²) < 4.78 is 4.95. The van der Waals surface area contributed by atoms with E-state index in [1.165, 1.54) is 0 Å². The van der Waals surface area contributed by atoms with Crippen LogP contribution >= 0.6 is 0 Å². The summed E-state index contributed by atoms with van der Waals surface area (Å²) in [5.41, 5.74) is 0.443. The van der Waals surface area contributed by atoms with Gasteiger partial charge in [0.15, 0.2) is 0 Å². The molecule has 12 heavy (non-hydrogen) atoms. The fourth-order valence-electron chi connectivity index (χ4n) is 0.495. The molecule has 1 radical (unpaired) electrons. The number of ether oxygens (including phenoxy) is 1. The Balaban J connectivity index is 3.69. The van der Waals surface area contributed by atoms with Crippen molar-refractivity contribution in [3.05, 3.63) is 19.1 Å². The van der Waals surface area contributed by atoms with Gasteiger partial charge in [-0.05, 0) is 18.8 Å². The molecular weight excluding hydrogens is 152 g/mol. The second kappa shape index (κ2) is 4.96. The van der Waals surface area contributed by atoms with Gasteiger partial charge in [0.2, 0.25) is 0 Å². The molecule has 0 aromatic rings. The van der Waals surface area contributed by atoms with Crippen LogP contribution in [0.5, 0.6) is 0 Å². The van der Waals surface area contributed by atoms with E-state index in [0.717, 1.165) is 0 Å². The van der Waals surface area contributed by atoms with Crippen molar-refractivity contribution in [2.24, 2.45) is 11.8 Å². The summed E-state index contributed by atoms with van der Waals surface area (Å²) in [6.07, 6.45) is 0. The van der Waals surface area contributed by atoms with Crippen molar-refractivity contribution in [3.63, 3.8) is 0 Å². The van der Waals surface area contributed by atoms with Crippen LogP contribution in [0.3, 0.4) is 0 Å². The molecular formula is C10H17O2. The molecule has 0 heterocycles. The average Bonchev–Trinajstić information content (AvgIpc) is 1.98. The summed E-state index contributed by atoms with van der Waals surface area (Å²) in [6, 6.07) is 0. The number of esters is 1. The third-order valence-corrected chi connectivity index (χ3v) is 1.80. The predicted octanol–water partition coefficient (Wildman–Crippen LogP) is 2.21. The van der Waals surface area contributed by atoms with E-state index in [-0.39, 0.29) is 5.97 Å². The van der Waals surface area contributed by atoms with E-state index < -0.39 is 0 Å². The molecule has 0 amide bonds. The molecule has 0 spiro atoms. The summed E-state index contributed by atoms with van der Waals surface area (Å²) in [7, 11) is 0. The lowest BCUT2D eigenvalue weighted by Gasteiger charge is -2.14. The molecule has 0 aliphatic rings. The Hall–Kier alpha value is -0.790. The monoisotopic (exact) mass is 169 g/mol. The van der Waals surface area contributed by atoms with E-state index in [1.54, 1.807) is 6.92 Å². The van der Waals surface area contributed by atoms with E-state index in [4.69, 9.17) is 4.74 Å². The highest BCUT2D eigenvalue weighted by Gasteiger charge is 2.10. The summed E-state index contributed by atoms with van der Waals surface area (Å²) in [6.45, 7) is 13.4. The summed E-state index contributed by atoms with van der Waals surface area (Å²) in [5.74, 6) is 0.277. The van der Waals surface area contributed by atoms with Crippen molar-refractivity contribution in [2.45, 2.75) is 20.8 Å². The molecule has 69 valence electrons.